The van der Waals surface area contributed by atoms with E-state index in [1.54, 1.807) is 5.30 Å². The summed E-state index contributed by atoms with van der Waals surface area (Å²) < 4.78 is 80.7. The Morgan fingerprint density at radius 2 is 0.872 bits per heavy atom. The summed E-state index contributed by atoms with van der Waals surface area (Å²) in [6.45, 7) is 18.8. The van der Waals surface area contributed by atoms with Gasteiger partial charge >= 0.3 is 14.5 Å². The molecule has 0 spiro atoms. The Morgan fingerprint density at radius 1 is 0.553 bits per heavy atom. The molecular weight excluding hydrogens is 641 g/mol. The quantitative estimate of drug-likeness (QED) is 0.0700. The molecule has 4 aromatic rings. The first-order chi connectivity index (χ1) is 21.7. The number of halogens is 8. The Hall–Kier alpha value is -3.13. The molecule has 0 fully saturated rings. The zero-order valence-electron chi connectivity index (χ0n) is 28.2. The van der Waals surface area contributed by atoms with E-state index in [1.807, 2.05) is 0 Å². The van der Waals surface area contributed by atoms with Crippen molar-refractivity contribution in [2.24, 2.45) is 0 Å². The summed E-state index contributed by atoms with van der Waals surface area (Å²) in [6.07, 6.45) is 1.03. The minimum absolute atomic E-state index is 0.425. The van der Waals surface area contributed by atoms with E-state index in [0.717, 1.165) is 6.16 Å². The van der Waals surface area contributed by atoms with Crippen LogP contribution in [-0.2, 0) is 6.16 Å². The van der Waals surface area contributed by atoms with Gasteiger partial charge in [-0.2, -0.15) is 0 Å². The lowest BCUT2D eigenvalue weighted by Gasteiger charge is -2.30. The number of hydrogen-bond donors (Lipinski definition) is 0. The highest BCUT2D eigenvalue weighted by Gasteiger charge is 2.58. The number of anilines is 1. The van der Waals surface area contributed by atoms with Gasteiger partial charge in [-0.1, -0.05) is 66.7 Å². The standard InChI is InChI=1S/C34H45N2P.2BF4/c1-25(2)35(26(3)4)32-33(36(27(5)6)28(7)8)34(32)37(30-20-14-10-15-21-30,31-22-16-11-17-23-31)24-29-18-12-9-13-19-29;2*2-1(3,4)5/h9-23,25-28H,24H2,1-8H3;;/q+2;2*-1. The van der Waals surface area contributed by atoms with E-state index in [2.05, 4.69) is 156 Å². The highest BCUT2D eigenvalue weighted by atomic mass is 31.2. The molecule has 0 saturated heterocycles. The van der Waals surface area contributed by atoms with Crippen LogP contribution in [0.2, 0.25) is 0 Å². The Balaban J connectivity index is 0.000000670. The molecule has 0 unspecified atom stereocenters. The van der Waals surface area contributed by atoms with Crippen LogP contribution in [0, 0.1) is 0 Å². The van der Waals surface area contributed by atoms with Crippen molar-refractivity contribution < 1.29 is 34.5 Å². The van der Waals surface area contributed by atoms with Crippen molar-refractivity contribution in [1.82, 2.24) is 4.58 Å². The summed E-state index contributed by atoms with van der Waals surface area (Å²) in [5.41, 5.74) is 2.90. The Bertz CT molecular complexity index is 1430. The Morgan fingerprint density at radius 3 is 1.17 bits per heavy atom. The maximum Gasteiger partial charge on any atom is 0.673 e. The van der Waals surface area contributed by atoms with E-state index in [0.29, 0.717) is 24.2 Å². The summed E-state index contributed by atoms with van der Waals surface area (Å²) >= 11 is 0. The summed E-state index contributed by atoms with van der Waals surface area (Å²) in [5.74, 6) is 0. The zero-order valence-corrected chi connectivity index (χ0v) is 29.1. The molecule has 4 rings (SSSR count). The lowest BCUT2D eigenvalue weighted by Crippen LogP contribution is -2.42. The average Bonchev–Trinajstić information content (AvgIpc) is 3.64. The SMILES string of the molecule is CC(C)N(c1c([P+](Cc2ccccc2)(c2ccccc2)c2ccccc2)c1=[N+](C(C)C)C(C)C)C(C)C.F[B-](F)(F)F.F[B-](F)(F)F. The molecule has 258 valence electrons. The highest BCUT2D eigenvalue weighted by Crippen LogP contribution is 2.61. The topological polar surface area (TPSA) is 6.25 Å². The van der Waals surface area contributed by atoms with Gasteiger partial charge in [0.1, 0.15) is 30.0 Å². The molecule has 2 nitrogen and oxygen atoms in total. The third kappa shape index (κ3) is 11.8. The van der Waals surface area contributed by atoms with E-state index in [-0.39, 0.29) is 0 Å². The highest BCUT2D eigenvalue weighted by molar-refractivity contribution is 7.95. The molecule has 0 aromatic heterocycles. The fraction of sp³-hybridized carbons (Fsp3) is 0.382. The van der Waals surface area contributed by atoms with E-state index in [4.69, 9.17) is 0 Å². The van der Waals surface area contributed by atoms with Gasteiger partial charge in [0.15, 0.2) is 5.69 Å². The minimum Gasteiger partial charge on any atom is -0.418 e. The van der Waals surface area contributed by atoms with Gasteiger partial charge in [-0.25, -0.2) is 4.58 Å². The van der Waals surface area contributed by atoms with Crippen LogP contribution in [0.5, 0.6) is 0 Å². The van der Waals surface area contributed by atoms with E-state index in [1.165, 1.54) is 27.2 Å². The van der Waals surface area contributed by atoms with Gasteiger partial charge in [0.25, 0.3) is 5.36 Å². The summed E-state index contributed by atoms with van der Waals surface area (Å²) in [4.78, 5) is 2.67. The minimum atomic E-state index is -6.00. The molecule has 47 heavy (non-hydrogen) atoms. The smallest absolute Gasteiger partial charge is 0.418 e. The number of benzene rings is 3. The van der Waals surface area contributed by atoms with Crippen LogP contribution in [0.15, 0.2) is 91.0 Å². The molecule has 0 bridgehead atoms. The third-order valence-corrected chi connectivity index (χ3v) is 11.8. The number of nitrogens with zero attached hydrogens (tertiary/aromatic N) is 2. The predicted octanol–water partition coefficient (Wildman–Crippen LogP) is 8.87. The maximum absolute atomic E-state index is 9.75. The predicted molar refractivity (Wildman–Crippen MR) is 186 cm³/mol. The number of rotatable bonds is 10. The largest absolute Gasteiger partial charge is 0.673 e. The summed E-state index contributed by atoms with van der Waals surface area (Å²) in [6, 6.07) is 35.6. The summed E-state index contributed by atoms with van der Waals surface area (Å²) in [5, 5.41) is 6.02. The van der Waals surface area contributed by atoms with Crippen LogP contribution in [0.1, 0.15) is 61.0 Å². The van der Waals surface area contributed by atoms with Crippen LogP contribution in [0.4, 0.5) is 40.2 Å². The molecule has 0 N–H and O–H groups in total. The Kier molecular flexibility index (Phi) is 14.3. The van der Waals surface area contributed by atoms with E-state index >= 15 is 0 Å². The lowest BCUT2D eigenvalue weighted by molar-refractivity contribution is 0.366. The maximum atomic E-state index is 9.75. The number of hydrogen-bond acceptors (Lipinski definition) is 1. The van der Waals surface area contributed by atoms with Gasteiger partial charge in [0, 0.05) is 12.1 Å². The van der Waals surface area contributed by atoms with Crippen LogP contribution >= 0.6 is 7.26 Å². The van der Waals surface area contributed by atoms with Crippen molar-refractivity contribution in [3.8, 4) is 0 Å². The first-order valence-electron chi connectivity index (χ1n) is 15.7. The molecule has 0 aliphatic rings. The molecule has 0 aliphatic carbocycles. The van der Waals surface area contributed by atoms with E-state index < -0.39 is 21.8 Å². The van der Waals surface area contributed by atoms with Crippen LogP contribution < -0.4 is 30.7 Å². The van der Waals surface area contributed by atoms with Crippen molar-refractivity contribution in [2.45, 2.75) is 85.7 Å². The molecule has 4 aromatic carbocycles. The second kappa shape index (κ2) is 16.8. The molecule has 0 amide bonds. The van der Waals surface area contributed by atoms with Gasteiger partial charge in [0.2, 0.25) is 5.30 Å². The zero-order chi connectivity index (χ0) is 35.7. The van der Waals surface area contributed by atoms with Gasteiger partial charge in [0.05, 0.1) is 6.16 Å². The normalized spacial score (nSPS) is 12.3. The summed E-state index contributed by atoms with van der Waals surface area (Å²) in [7, 11) is -14.0. The second-order valence-electron chi connectivity index (χ2n) is 12.3. The third-order valence-electron chi connectivity index (χ3n) is 7.39. The van der Waals surface area contributed by atoms with Gasteiger partial charge in [-0.15, -0.1) is 0 Å². The van der Waals surface area contributed by atoms with Gasteiger partial charge in [-0.05, 0) is 85.2 Å². The van der Waals surface area contributed by atoms with Crippen molar-refractivity contribution in [3.05, 3.63) is 102 Å². The monoisotopic (exact) mass is 686 g/mol. The van der Waals surface area contributed by atoms with Gasteiger partial charge in [-0.3, -0.25) is 0 Å². The van der Waals surface area contributed by atoms with Crippen LogP contribution in [-0.4, -0.2) is 38.7 Å². The fourth-order valence-corrected chi connectivity index (χ4v) is 10.7. The van der Waals surface area contributed by atoms with Crippen LogP contribution in [0.25, 0.3) is 0 Å². The van der Waals surface area contributed by atoms with Crippen molar-refractivity contribution in [2.75, 3.05) is 4.90 Å². The molecule has 13 heteroatoms. The van der Waals surface area contributed by atoms with Crippen LogP contribution in [0.3, 0.4) is 0 Å². The van der Waals surface area contributed by atoms with Crippen molar-refractivity contribution in [1.29, 1.82) is 0 Å². The van der Waals surface area contributed by atoms with Crippen molar-refractivity contribution >= 4 is 43.4 Å². The first-order valence-corrected chi connectivity index (χ1v) is 17.6. The molecule has 0 aliphatic heterocycles. The fourth-order valence-electron chi connectivity index (χ4n) is 6.13. The lowest BCUT2D eigenvalue weighted by atomic mass is 10.2. The second-order valence-corrected chi connectivity index (χ2v) is 15.8. The molecule has 0 atom stereocenters. The van der Waals surface area contributed by atoms with E-state index in [9.17, 15) is 34.5 Å². The van der Waals surface area contributed by atoms with Crippen molar-refractivity contribution in [3.63, 3.8) is 0 Å². The molecule has 0 heterocycles. The van der Waals surface area contributed by atoms with Gasteiger partial charge < -0.3 is 39.4 Å². The Labute approximate surface area is 274 Å². The molecule has 0 saturated carbocycles. The molecule has 0 radical (unpaired) electrons. The first kappa shape index (κ1) is 40.0. The molecular formula is C34H45B2F8N2P. The average molecular weight is 686 g/mol.